The van der Waals surface area contributed by atoms with Crippen LogP contribution < -0.4 is 0 Å². The smallest absolute Gasteiger partial charge is 0.306 e. The largest absolute Gasteiger partial charge is 0.462 e. The fourth-order valence-electron chi connectivity index (χ4n) is 2.80. The molecule has 1 saturated heterocycles. The number of carbonyl (C=O) groups excluding carboxylic acids is 1. The molecule has 2 rings (SSSR count). The van der Waals surface area contributed by atoms with E-state index in [0.29, 0.717) is 12.3 Å². The van der Waals surface area contributed by atoms with Crippen LogP contribution in [-0.2, 0) is 9.53 Å². The average Bonchev–Trinajstić information content (AvgIpc) is 2.49. The fourth-order valence-corrected chi connectivity index (χ4v) is 2.80. The Balaban J connectivity index is 2.15. The van der Waals surface area contributed by atoms with Crippen LogP contribution in [0.5, 0.6) is 0 Å². The molecule has 0 radical (unpaired) electrons. The summed E-state index contributed by atoms with van der Waals surface area (Å²) in [6, 6.07) is 0. The molecule has 2 aliphatic rings. The monoisotopic (exact) mass is 198 g/mol. The molecule has 80 valence electrons. The molecule has 2 fully saturated rings. The molecule has 0 unspecified atom stereocenters. The normalized spacial score (nSPS) is 48.2. The van der Waals surface area contributed by atoms with Crippen molar-refractivity contribution in [2.24, 2.45) is 17.8 Å². The molecule has 0 bridgehead atoms. The van der Waals surface area contributed by atoms with E-state index in [-0.39, 0.29) is 30.0 Å². The molecule has 0 aromatic carbocycles. The summed E-state index contributed by atoms with van der Waals surface area (Å²) >= 11 is 0. The van der Waals surface area contributed by atoms with E-state index in [1.807, 2.05) is 6.92 Å². The Morgan fingerprint density at radius 3 is 2.79 bits per heavy atom. The van der Waals surface area contributed by atoms with Gasteiger partial charge in [-0.3, -0.25) is 4.79 Å². The van der Waals surface area contributed by atoms with Crippen molar-refractivity contribution in [1.29, 1.82) is 0 Å². The molecular weight excluding hydrogens is 180 g/mol. The Morgan fingerprint density at radius 1 is 1.36 bits per heavy atom. The van der Waals surface area contributed by atoms with Crippen molar-refractivity contribution in [2.75, 3.05) is 0 Å². The summed E-state index contributed by atoms with van der Waals surface area (Å²) in [5.41, 5.74) is 0. The van der Waals surface area contributed by atoms with Gasteiger partial charge in [-0.2, -0.15) is 0 Å². The highest BCUT2D eigenvalue weighted by Gasteiger charge is 2.43. The Hall–Kier alpha value is -0.570. The van der Waals surface area contributed by atoms with Crippen LogP contribution in [0, 0.1) is 17.8 Å². The summed E-state index contributed by atoms with van der Waals surface area (Å²) in [7, 11) is 0. The van der Waals surface area contributed by atoms with Crippen LogP contribution >= 0.6 is 0 Å². The van der Waals surface area contributed by atoms with E-state index in [4.69, 9.17) is 4.74 Å². The maximum atomic E-state index is 11.2. The summed E-state index contributed by atoms with van der Waals surface area (Å²) in [6.07, 6.45) is 2.16. The lowest BCUT2D eigenvalue weighted by Gasteiger charge is -2.25. The van der Waals surface area contributed by atoms with Crippen LogP contribution in [-0.4, -0.2) is 23.3 Å². The predicted molar refractivity (Wildman–Crippen MR) is 51.6 cm³/mol. The second kappa shape index (κ2) is 3.54. The van der Waals surface area contributed by atoms with Gasteiger partial charge in [-0.25, -0.2) is 0 Å². The van der Waals surface area contributed by atoms with Gasteiger partial charge in [0.05, 0.1) is 12.5 Å². The van der Waals surface area contributed by atoms with Gasteiger partial charge in [0.2, 0.25) is 0 Å². The van der Waals surface area contributed by atoms with Crippen LogP contribution in [0.1, 0.15) is 33.1 Å². The zero-order valence-corrected chi connectivity index (χ0v) is 8.77. The quantitative estimate of drug-likeness (QED) is 0.597. The molecule has 5 atom stereocenters. The molecule has 1 aliphatic carbocycles. The number of hydrogen-bond acceptors (Lipinski definition) is 3. The lowest BCUT2D eigenvalue weighted by Crippen LogP contribution is -2.30. The van der Waals surface area contributed by atoms with Gasteiger partial charge in [0.1, 0.15) is 6.10 Å². The third-order valence-corrected chi connectivity index (χ3v) is 3.87. The zero-order valence-electron chi connectivity index (χ0n) is 8.77. The molecule has 1 heterocycles. The van der Waals surface area contributed by atoms with Crippen molar-refractivity contribution in [2.45, 2.75) is 45.3 Å². The summed E-state index contributed by atoms with van der Waals surface area (Å²) in [5, 5.41) is 9.99. The van der Waals surface area contributed by atoms with Crippen molar-refractivity contribution in [3.05, 3.63) is 0 Å². The van der Waals surface area contributed by atoms with Gasteiger partial charge in [0.15, 0.2) is 0 Å². The van der Waals surface area contributed by atoms with Gasteiger partial charge in [0.25, 0.3) is 0 Å². The molecule has 3 heteroatoms. The topological polar surface area (TPSA) is 46.5 Å². The maximum absolute atomic E-state index is 11.2. The number of carbonyl (C=O) groups is 1. The molecule has 1 N–H and O–H groups in total. The van der Waals surface area contributed by atoms with E-state index < -0.39 is 0 Å². The van der Waals surface area contributed by atoms with E-state index in [1.165, 1.54) is 0 Å². The first-order chi connectivity index (χ1) is 6.59. The standard InChI is InChI=1S/C11H18O3/c1-6-3-4-9-8(5-10(12)14-9)7(2)11(6)13/h6-9,11,13H,3-5H2,1-2H3/t6-,7+,8-,9+,11-/m0/s1. The average molecular weight is 198 g/mol. The summed E-state index contributed by atoms with van der Waals surface area (Å²) in [5.74, 6) is 0.661. The number of aliphatic hydroxyl groups is 1. The van der Waals surface area contributed by atoms with Crippen LogP contribution in [0.3, 0.4) is 0 Å². The minimum Gasteiger partial charge on any atom is -0.462 e. The molecule has 0 spiro atoms. The first kappa shape index (κ1) is 9.97. The molecule has 1 aliphatic heterocycles. The van der Waals surface area contributed by atoms with Crippen molar-refractivity contribution in [1.82, 2.24) is 0 Å². The van der Waals surface area contributed by atoms with Gasteiger partial charge in [-0.05, 0) is 24.7 Å². The second-order valence-corrected chi connectivity index (χ2v) is 4.80. The third kappa shape index (κ3) is 1.54. The predicted octanol–water partition coefficient (Wildman–Crippen LogP) is 1.34. The lowest BCUT2D eigenvalue weighted by atomic mass is 9.83. The van der Waals surface area contributed by atoms with E-state index in [2.05, 4.69) is 6.92 Å². The van der Waals surface area contributed by atoms with E-state index in [0.717, 1.165) is 12.8 Å². The number of esters is 1. The maximum Gasteiger partial charge on any atom is 0.306 e. The van der Waals surface area contributed by atoms with Crippen LogP contribution in [0.15, 0.2) is 0 Å². The fraction of sp³-hybridized carbons (Fsp3) is 0.909. The number of aliphatic hydroxyl groups excluding tert-OH is 1. The van der Waals surface area contributed by atoms with Crippen molar-refractivity contribution in [3.63, 3.8) is 0 Å². The number of ether oxygens (including phenoxy) is 1. The van der Waals surface area contributed by atoms with E-state index >= 15 is 0 Å². The Labute approximate surface area is 84.4 Å². The molecule has 1 saturated carbocycles. The first-order valence-corrected chi connectivity index (χ1v) is 5.47. The third-order valence-electron chi connectivity index (χ3n) is 3.87. The van der Waals surface area contributed by atoms with E-state index in [1.54, 1.807) is 0 Å². The minimum atomic E-state index is -0.278. The Bertz CT molecular complexity index is 239. The summed E-state index contributed by atoms with van der Waals surface area (Å²) in [4.78, 5) is 11.2. The Morgan fingerprint density at radius 2 is 2.07 bits per heavy atom. The lowest BCUT2D eigenvalue weighted by molar-refractivity contribution is -0.141. The van der Waals surface area contributed by atoms with E-state index in [9.17, 15) is 9.90 Å². The minimum absolute atomic E-state index is 0.0668. The van der Waals surface area contributed by atoms with Crippen LogP contribution in [0.25, 0.3) is 0 Å². The summed E-state index contributed by atoms with van der Waals surface area (Å²) < 4.78 is 5.26. The van der Waals surface area contributed by atoms with Gasteiger partial charge < -0.3 is 9.84 Å². The van der Waals surface area contributed by atoms with Gasteiger partial charge in [-0.15, -0.1) is 0 Å². The highest BCUT2D eigenvalue weighted by Crippen LogP contribution is 2.39. The van der Waals surface area contributed by atoms with Crippen molar-refractivity contribution >= 4 is 5.97 Å². The summed E-state index contributed by atoms with van der Waals surface area (Å²) in [6.45, 7) is 4.11. The molecular formula is C11H18O3. The second-order valence-electron chi connectivity index (χ2n) is 4.80. The first-order valence-electron chi connectivity index (χ1n) is 5.47. The SMILES string of the molecule is C[C@H]1[C@@H](O)[C@@H](C)CC[C@H]2OC(=O)C[C@@H]12. The van der Waals surface area contributed by atoms with Crippen LogP contribution in [0.4, 0.5) is 0 Å². The number of fused-ring (bicyclic) bond motifs is 1. The highest BCUT2D eigenvalue weighted by molar-refractivity contribution is 5.72. The zero-order chi connectivity index (χ0) is 10.3. The number of rotatable bonds is 0. The van der Waals surface area contributed by atoms with Crippen molar-refractivity contribution < 1.29 is 14.6 Å². The Kier molecular flexibility index (Phi) is 2.52. The van der Waals surface area contributed by atoms with Crippen molar-refractivity contribution in [3.8, 4) is 0 Å². The number of hydrogen-bond donors (Lipinski definition) is 1. The van der Waals surface area contributed by atoms with Crippen LogP contribution in [0.2, 0.25) is 0 Å². The molecule has 0 amide bonds. The molecule has 0 aromatic rings. The highest BCUT2D eigenvalue weighted by atomic mass is 16.5. The van der Waals surface area contributed by atoms with Gasteiger partial charge in [-0.1, -0.05) is 13.8 Å². The molecule has 14 heavy (non-hydrogen) atoms. The molecule has 3 nitrogen and oxygen atoms in total. The van der Waals surface area contributed by atoms with Gasteiger partial charge >= 0.3 is 5.97 Å². The van der Waals surface area contributed by atoms with Gasteiger partial charge in [0, 0.05) is 5.92 Å². The molecule has 0 aromatic heterocycles.